The maximum atomic E-state index is 12.5. The molecule has 3 rings (SSSR count). The highest BCUT2D eigenvalue weighted by Gasteiger charge is 2.48. The number of ketones is 1. The summed E-state index contributed by atoms with van der Waals surface area (Å²) in [6.45, 7) is 0. The first kappa shape index (κ1) is 12.2. The molecule has 0 aliphatic heterocycles. The van der Waals surface area contributed by atoms with Crippen molar-refractivity contribution in [3.8, 4) is 0 Å². The van der Waals surface area contributed by atoms with Crippen LogP contribution in [0.1, 0.15) is 24.0 Å². The Bertz CT molecular complexity index is 553. The summed E-state index contributed by atoms with van der Waals surface area (Å²) in [7, 11) is 0. The lowest BCUT2D eigenvalue weighted by atomic mass is 9.89. The van der Waals surface area contributed by atoms with Crippen molar-refractivity contribution in [1.29, 1.82) is 0 Å². The summed E-state index contributed by atoms with van der Waals surface area (Å²) in [5.41, 5.74) is 2.34. The van der Waals surface area contributed by atoms with Gasteiger partial charge in [-0.15, -0.1) is 0 Å². The highest BCUT2D eigenvalue weighted by Crippen LogP contribution is 2.49. The van der Waals surface area contributed by atoms with Crippen LogP contribution in [0.25, 0.3) is 0 Å². The first-order chi connectivity index (χ1) is 9.28. The van der Waals surface area contributed by atoms with Crippen LogP contribution in [0.5, 0.6) is 0 Å². The molecule has 0 atom stereocenters. The zero-order valence-corrected chi connectivity index (χ0v) is 11.0. The van der Waals surface area contributed by atoms with Gasteiger partial charge in [-0.1, -0.05) is 60.7 Å². The van der Waals surface area contributed by atoms with Gasteiger partial charge in [0.05, 0.1) is 0 Å². The molecule has 1 heteroatoms. The lowest BCUT2D eigenvalue weighted by molar-refractivity contribution is -0.123. The Morgan fingerprint density at radius 1 is 0.842 bits per heavy atom. The molecule has 1 aliphatic rings. The Kier molecular flexibility index (Phi) is 3.20. The topological polar surface area (TPSA) is 17.1 Å². The van der Waals surface area contributed by atoms with Gasteiger partial charge >= 0.3 is 0 Å². The zero-order chi connectivity index (χ0) is 13.1. The van der Waals surface area contributed by atoms with Crippen LogP contribution in [0.3, 0.4) is 0 Å². The summed E-state index contributed by atoms with van der Waals surface area (Å²) in [5.74, 6) is 0.405. The third kappa shape index (κ3) is 2.76. The minimum atomic E-state index is -0.0722. The van der Waals surface area contributed by atoms with Gasteiger partial charge in [0.25, 0.3) is 0 Å². The van der Waals surface area contributed by atoms with E-state index in [0.717, 1.165) is 24.8 Å². The van der Waals surface area contributed by atoms with Crippen molar-refractivity contribution in [2.75, 3.05) is 0 Å². The van der Waals surface area contributed by atoms with Gasteiger partial charge in [0, 0.05) is 11.8 Å². The monoisotopic (exact) mass is 250 g/mol. The fourth-order valence-corrected chi connectivity index (χ4v) is 2.66. The predicted octanol–water partition coefficient (Wildman–Crippen LogP) is 3.82. The Morgan fingerprint density at radius 3 is 1.89 bits per heavy atom. The van der Waals surface area contributed by atoms with Crippen molar-refractivity contribution in [1.82, 2.24) is 0 Å². The molecule has 2 aromatic carbocycles. The summed E-state index contributed by atoms with van der Waals surface area (Å²) in [6, 6.07) is 20.4. The average Bonchev–Trinajstić information content (AvgIpc) is 3.22. The van der Waals surface area contributed by atoms with Gasteiger partial charge in [-0.25, -0.2) is 0 Å². The second-order valence-corrected chi connectivity index (χ2v) is 5.53. The van der Waals surface area contributed by atoms with E-state index in [0.29, 0.717) is 12.2 Å². The molecule has 1 saturated carbocycles. The fraction of sp³-hybridized carbons (Fsp3) is 0.278. The molecule has 0 radical (unpaired) electrons. The molecular weight excluding hydrogens is 232 g/mol. The summed E-state index contributed by atoms with van der Waals surface area (Å²) >= 11 is 0. The third-order valence-corrected chi connectivity index (χ3v) is 4.04. The number of hydrogen-bond donors (Lipinski definition) is 0. The van der Waals surface area contributed by atoms with Gasteiger partial charge in [-0.05, 0) is 30.4 Å². The number of Topliss-reactive ketones (excluding diaryl/α,β-unsaturated/α-hetero) is 1. The van der Waals surface area contributed by atoms with Gasteiger partial charge in [0.2, 0.25) is 0 Å². The van der Waals surface area contributed by atoms with Crippen LogP contribution >= 0.6 is 0 Å². The maximum absolute atomic E-state index is 12.5. The van der Waals surface area contributed by atoms with Crippen LogP contribution in [0, 0.1) is 5.41 Å². The summed E-state index contributed by atoms with van der Waals surface area (Å²) in [5, 5.41) is 0. The maximum Gasteiger partial charge on any atom is 0.143 e. The smallest absolute Gasteiger partial charge is 0.143 e. The van der Waals surface area contributed by atoms with Crippen LogP contribution in [-0.4, -0.2) is 5.78 Å². The second kappa shape index (κ2) is 5.00. The SMILES string of the molecule is O=C(Cc1ccccc1)C1(Cc2ccccc2)CC1. The quantitative estimate of drug-likeness (QED) is 0.788. The molecule has 96 valence electrons. The van der Waals surface area contributed by atoms with E-state index in [1.165, 1.54) is 5.56 Å². The summed E-state index contributed by atoms with van der Waals surface area (Å²) in [6.07, 6.45) is 3.58. The Hall–Kier alpha value is -1.89. The minimum absolute atomic E-state index is 0.0722. The molecule has 0 spiro atoms. The van der Waals surface area contributed by atoms with E-state index in [1.807, 2.05) is 48.5 Å². The van der Waals surface area contributed by atoms with E-state index in [1.54, 1.807) is 0 Å². The third-order valence-electron chi connectivity index (χ3n) is 4.04. The van der Waals surface area contributed by atoms with Crippen LogP contribution in [0.4, 0.5) is 0 Å². The van der Waals surface area contributed by atoms with E-state index in [2.05, 4.69) is 12.1 Å². The van der Waals surface area contributed by atoms with E-state index in [4.69, 9.17) is 0 Å². The average molecular weight is 250 g/mol. The number of carbonyl (C=O) groups is 1. The Labute approximate surface area is 114 Å². The molecule has 0 N–H and O–H groups in total. The first-order valence-corrected chi connectivity index (χ1v) is 6.90. The molecule has 1 aliphatic carbocycles. The number of benzene rings is 2. The lowest BCUT2D eigenvalue weighted by Gasteiger charge is -2.14. The van der Waals surface area contributed by atoms with Crippen molar-refractivity contribution in [3.05, 3.63) is 71.8 Å². The number of hydrogen-bond acceptors (Lipinski definition) is 1. The van der Waals surface area contributed by atoms with Crippen LogP contribution in [0.2, 0.25) is 0 Å². The predicted molar refractivity (Wildman–Crippen MR) is 77.0 cm³/mol. The number of rotatable bonds is 5. The van der Waals surface area contributed by atoms with Gasteiger partial charge in [-0.2, -0.15) is 0 Å². The molecular formula is C18H18O. The first-order valence-electron chi connectivity index (χ1n) is 6.90. The molecule has 0 unspecified atom stereocenters. The molecule has 0 heterocycles. The molecule has 0 aromatic heterocycles. The zero-order valence-electron chi connectivity index (χ0n) is 11.0. The molecule has 1 nitrogen and oxygen atoms in total. The molecule has 0 amide bonds. The standard InChI is InChI=1S/C18H18O/c19-17(13-15-7-3-1-4-8-15)18(11-12-18)14-16-9-5-2-6-10-16/h1-10H,11-14H2. The van der Waals surface area contributed by atoms with Crippen molar-refractivity contribution < 1.29 is 4.79 Å². The van der Waals surface area contributed by atoms with E-state index < -0.39 is 0 Å². The van der Waals surface area contributed by atoms with Crippen LogP contribution in [0.15, 0.2) is 60.7 Å². The van der Waals surface area contributed by atoms with Gasteiger partial charge < -0.3 is 0 Å². The molecule has 0 saturated heterocycles. The number of carbonyl (C=O) groups excluding carboxylic acids is 1. The van der Waals surface area contributed by atoms with Crippen LogP contribution < -0.4 is 0 Å². The summed E-state index contributed by atoms with van der Waals surface area (Å²) < 4.78 is 0. The normalized spacial score (nSPS) is 16.0. The highest BCUT2D eigenvalue weighted by molar-refractivity contribution is 5.89. The Balaban J connectivity index is 1.69. The van der Waals surface area contributed by atoms with Crippen molar-refractivity contribution in [2.24, 2.45) is 5.41 Å². The van der Waals surface area contributed by atoms with E-state index in [-0.39, 0.29) is 5.41 Å². The minimum Gasteiger partial charge on any atom is -0.299 e. The molecule has 1 fully saturated rings. The van der Waals surface area contributed by atoms with Crippen molar-refractivity contribution in [3.63, 3.8) is 0 Å². The van der Waals surface area contributed by atoms with Crippen molar-refractivity contribution in [2.45, 2.75) is 25.7 Å². The second-order valence-electron chi connectivity index (χ2n) is 5.53. The van der Waals surface area contributed by atoms with Crippen molar-refractivity contribution >= 4 is 5.78 Å². The molecule has 0 bridgehead atoms. The Morgan fingerprint density at radius 2 is 1.37 bits per heavy atom. The molecule has 2 aromatic rings. The highest BCUT2D eigenvalue weighted by atomic mass is 16.1. The molecule has 19 heavy (non-hydrogen) atoms. The largest absolute Gasteiger partial charge is 0.299 e. The van der Waals surface area contributed by atoms with E-state index in [9.17, 15) is 4.79 Å². The van der Waals surface area contributed by atoms with Gasteiger partial charge in [0.15, 0.2) is 0 Å². The summed E-state index contributed by atoms with van der Waals surface area (Å²) in [4.78, 5) is 12.5. The fourth-order valence-electron chi connectivity index (χ4n) is 2.66. The lowest BCUT2D eigenvalue weighted by Crippen LogP contribution is -2.20. The van der Waals surface area contributed by atoms with Crippen LogP contribution in [-0.2, 0) is 17.6 Å². The van der Waals surface area contributed by atoms with Gasteiger partial charge in [-0.3, -0.25) is 4.79 Å². The van der Waals surface area contributed by atoms with E-state index >= 15 is 0 Å². The van der Waals surface area contributed by atoms with Gasteiger partial charge in [0.1, 0.15) is 5.78 Å².